The Morgan fingerprint density at radius 3 is 2.20 bits per heavy atom. The predicted molar refractivity (Wildman–Crippen MR) is 48.8 cm³/mol. The van der Waals surface area contributed by atoms with Crippen LogP contribution in [0.4, 0.5) is 13.2 Å². The van der Waals surface area contributed by atoms with Crippen molar-refractivity contribution in [1.29, 1.82) is 5.26 Å². The van der Waals surface area contributed by atoms with Crippen LogP contribution in [0, 0.1) is 11.3 Å². The van der Waals surface area contributed by atoms with Gasteiger partial charge in [-0.3, -0.25) is 0 Å². The van der Waals surface area contributed by atoms with Gasteiger partial charge in [0.1, 0.15) is 0 Å². The summed E-state index contributed by atoms with van der Waals surface area (Å²) in [4.78, 5) is 0. The fraction of sp³-hybridized carbons (Fsp3) is 0.300. The average Bonchev–Trinajstić information content (AvgIpc) is 2.15. The second-order valence-corrected chi connectivity index (χ2v) is 3.16. The highest BCUT2D eigenvalue weighted by Crippen LogP contribution is 2.27. The maximum atomic E-state index is 12.0. The number of halogens is 3. The zero-order valence-electron chi connectivity index (χ0n) is 7.75. The van der Waals surface area contributed by atoms with E-state index in [4.69, 9.17) is 11.0 Å². The molecule has 0 spiro atoms. The fourth-order valence-corrected chi connectivity index (χ4v) is 1.17. The van der Waals surface area contributed by atoms with E-state index in [1.807, 2.05) is 6.07 Å². The van der Waals surface area contributed by atoms with Crippen molar-refractivity contribution in [1.82, 2.24) is 0 Å². The predicted octanol–water partition coefficient (Wildman–Crippen LogP) is 2.51. The fourth-order valence-electron chi connectivity index (χ4n) is 1.17. The van der Waals surface area contributed by atoms with E-state index in [2.05, 4.69) is 0 Å². The molecular weight excluding hydrogens is 205 g/mol. The van der Waals surface area contributed by atoms with Crippen molar-refractivity contribution in [2.75, 3.05) is 0 Å². The third-order valence-electron chi connectivity index (χ3n) is 1.92. The highest BCUT2D eigenvalue weighted by molar-refractivity contribution is 5.32. The normalized spacial score (nSPS) is 13.3. The summed E-state index contributed by atoms with van der Waals surface area (Å²) in [6, 6.07) is 6.59. The van der Waals surface area contributed by atoms with Gasteiger partial charge < -0.3 is 5.73 Å². The van der Waals surface area contributed by atoms with Crippen molar-refractivity contribution < 1.29 is 13.2 Å². The maximum absolute atomic E-state index is 12.0. The Hall–Kier alpha value is -1.54. The molecule has 5 heteroatoms. The molecule has 0 radical (unpaired) electrons. The number of rotatable bonds is 2. The van der Waals surface area contributed by atoms with E-state index < -0.39 is 18.6 Å². The summed E-state index contributed by atoms with van der Waals surface area (Å²) in [6.07, 6.45) is -5.33. The average molecular weight is 214 g/mol. The van der Waals surface area contributed by atoms with Gasteiger partial charge in [0.15, 0.2) is 0 Å². The monoisotopic (exact) mass is 214 g/mol. The minimum Gasteiger partial charge on any atom is -0.324 e. The van der Waals surface area contributed by atoms with Crippen LogP contribution in [0.15, 0.2) is 24.3 Å². The lowest BCUT2D eigenvalue weighted by atomic mass is 10.0. The third kappa shape index (κ3) is 3.60. The maximum Gasteiger partial charge on any atom is 0.390 e. The molecule has 80 valence electrons. The van der Waals surface area contributed by atoms with Gasteiger partial charge in [-0.15, -0.1) is 0 Å². The van der Waals surface area contributed by atoms with Crippen molar-refractivity contribution in [3.63, 3.8) is 0 Å². The Balaban J connectivity index is 2.75. The van der Waals surface area contributed by atoms with E-state index in [-0.39, 0.29) is 0 Å². The van der Waals surface area contributed by atoms with Crippen LogP contribution in [0.25, 0.3) is 0 Å². The van der Waals surface area contributed by atoms with Crippen LogP contribution in [0.1, 0.15) is 23.6 Å². The summed E-state index contributed by atoms with van der Waals surface area (Å²) in [7, 11) is 0. The van der Waals surface area contributed by atoms with Crippen molar-refractivity contribution in [2.45, 2.75) is 18.6 Å². The molecule has 1 aromatic carbocycles. The lowest BCUT2D eigenvalue weighted by Crippen LogP contribution is -2.20. The molecule has 0 fully saturated rings. The zero-order valence-corrected chi connectivity index (χ0v) is 7.75. The lowest BCUT2D eigenvalue weighted by Gasteiger charge is -2.14. The van der Waals surface area contributed by atoms with Crippen LogP contribution in [-0.4, -0.2) is 6.18 Å². The largest absolute Gasteiger partial charge is 0.390 e. The molecule has 0 aliphatic rings. The highest BCUT2D eigenvalue weighted by atomic mass is 19.4. The molecule has 1 atom stereocenters. The number of hydrogen-bond donors (Lipinski definition) is 1. The van der Waals surface area contributed by atoms with E-state index in [1.54, 1.807) is 0 Å². The number of benzene rings is 1. The minimum absolute atomic E-state index is 0.381. The third-order valence-corrected chi connectivity index (χ3v) is 1.92. The molecule has 0 unspecified atom stereocenters. The highest BCUT2D eigenvalue weighted by Gasteiger charge is 2.30. The molecule has 0 bridgehead atoms. The van der Waals surface area contributed by atoms with E-state index in [1.165, 1.54) is 24.3 Å². The van der Waals surface area contributed by atoms with Gasteiger partial charge >= 0.3 is 6.18 Å². The summed E-state index contributed by atoms with van der Waals surface area (Å²) in [5.41, 5.74) is 6.15. The summed E-state index contributed by atoms with van der Waals surface area (Å²) < 4.78 is 36.0. The van der Waals surface area contributed by atoms with Gasteiger partial charge in [0.25, 0.3) is 0 Å². The Labute approximate surface area is 85.1 Å². The van der Waals surface area contributed by atoms with Crippen LogP contribution in [0.2, 0.25) is 0 Å². The van der Waals surface area contributed by atoms with Gasteiger partial charge in [-0.1, -0.05) is 12.1 Å². The molecule has 0 aliphatic heterocycles. The molecule has 0 amide bonds. The van der Waals surface area contributed by atoms with Crippen LogP contribution in [-0.2, 0) is 0 Å². The first-order chi connectivity index (χ1) is 6.92. The van der Waals surface area contributed by atoms with Crippen molar-refractivity contribution in [3.05, 3.63) is 35.4 Å². The quantitative estimate of drug-likeness (QED) is 0.822. The lowest BCUT2D eigenvalue weighted by molar-refractivity contribution is -0.138. The number of nitriles is 1. The van der Waals surface area contributed by atoms with Crippen LogP contribution in [0.5, 0.6) is 0 Å². The first-order valence-corrected chi connectivity index (χ1v) is 4.25. The number of nitrogens with two attached hydrogens (primary N) is 1. The zero-order chi connectivity index (χ0) is 11.5. The molecule has 15 heavy (non-hydrogen) atoms. The molecule has 1 rings (SSSR count). The number of alkyl halides is 3. The van der Waals surface area contributed by atoms with Gasteiger partial charge in [0, 0.05) is 6.04 Å². The second kappa shape index (κ2) is 4.32. The molecule has 0 saturated heterocycles. The molecule has 0 heterocycles. The van der Waals surface area contributed by atoms with Gasteiger partial charge in [0.05, 0.1) is 18.1 Å². The minimum atomic E-state index is -4.27. The van der Waals surface area contributed by atoms with Crippen LogP contribution in [0.3, 0.4) is 0 Å². The molecule has 2 N–H and O–H groups in total. The van der Waals surface area contributed by atoms with E-state index >= 15 is 0 Å². The molecule has 0 aromatic heterocycles. The molecule has 1 aromatic rings. The van der Waals surface area contributed by atoms with Crippen LogP contribution < -0.4 is 5.73 Å². The van der Waals surface area contributed by atoms with Crippen molar-refractivity contribution in [2.24, 2.45) is 5.73 Å². The van der Waals surface area contributed by atoms with E-state index in [0.29, 0.717) is 11.1 Å². The Morgan fingerprint density at radius 1 is 1.27 bits per heavy atom. The second-order valence-electron chi connectivity index (χ2n) is 3.16. The first kappa shape index (κ1) is 11.5. The smallest absolute Gasteiger partial charge is 0.324 e. The summed E-state index contributed by atoms with van der Waals surface area (Å²) in [5.74, 6) is 0. The standard InChI is InChI=1S/C10H9F3N2/c11-10(12,13)5-9(15)8-3-1-7(6-14)2-4-8/h1-4,9H,5,15H2/t9-/m0/s1. The van der Waals surface area contributed by atoms with E-state index in [0.717, 1.165) is 0 Å². The van der Waals surface area contributed by atoms with Crippen molar-refractivity contribution >= 4 is 0 Å². The first-order valence-electron chi connectivity index (χ1n) is 4.25. The Morgan fingerprint density at radius 2 is 1.80 bits per heavy atom. The molecular formula is C10H9F3N2. The van der Waals surface area contributed by atoms with E-state index in [9.17, 15) is 13.2 Å². The molecule has 2 nitrogen and oxygen atoms in total. The van der Waals surface area contributed by atoms with Gasteiger partial charge in [-0.05, 0) is 17.7 Å². The molecule has 0 saturated carbocycles. The van der Waals surface area contributed by atoms with Gasteiger partial charge in [-0.2, -0.15) is 18.4 Å². The Kier molecular flexibility index (Phi) is 3.32. The SMILES string of the molecule is N#Cc1ccc([C@@H](N)CC(F)(F)F)cc1. The van der Waals surface area contributed by atoms with Gasteiger partial charge in [0.2, 0.25) is 0 Å². The molecule has 0 aliphatic carbocycles. The summed E-state index contributed by atoms with van der Waals surface area (Å²) in [6.45, 7) is 0. The Bertz CT molecular complexity index is 362. The summed E-state index contributed by atoms with van der Waals surface area (Å²) >= 11 is 0. The summed E-state index contributed by atoms with van der Waals surface area (Å²) in [5, 5.41) is 8.49. The van der Waals surface area contributed by atoms with Crippen molar-refractivity contribution in [3.8, 4) is 6.07 Å². The topological polar surface area (TPSA) is 49.8 Å². The number of hydrogen-bond acceptors (Lipinski definition) is 2. The van der Waals surface area contributed by atoms with Gasteiger partial charge in [-0.25, -0.2) is 0 Å². The van der Waals surface area contributed by atoms with Crippen LogP contribution >= 0.6 is 0 Å². The number of nitrogens with zero attached hydrogens (tertiary/aromatic N) is 1.